The van der Waals surface area contributed by atoms with Crippen LogP contribution in [-0.4, -0.2) is 14.5 Å². The highest BCUT2D eigenvalue weighted by Crippen LogP contribution is 2.40. The molecule has 0 aliphatic carbocycles. The number of aryl methyl sites for hydroxylation is 3. The highest BCUT2D eigenvalue weighted by atomic mass is 15.1. The van der Waals surface area contributed by atoms with Gasteiger partial charge in [0.15, 0.2) is 5.82 Å². The van der Waals surface area contributed by atoms with Crippen LogP contribution in [0.4, 0.5) is 17.1 Å². The fourth-order valence-corrected chi connectivity index (χ4v) is 8.45. The van der Waals surface area contributed by atoms with E-state index < -0.39 is 0 Å². The highest BCUT2D eigenvalue weighted by molar-refractivity contribution is 6.10. The van der Waals surface area contributed by atoms with E-state index in [1.54, 1.807) is 0 Å². The molecule has 0 fully saturated rings. The lowest BCUT2D eigenvalue weighted by Crippen LogP contribution is -2.09. The molecule has 0 bridgehead atoms. The van der Waals surface area contributed by atoms with Gasteiger partial charge in [0.05, 0.1) is 22.4 Å². The molecule has 0 atom stereocenters. The molecular formula is C55H42N4. The molecular weight excluding hydrogens is 717 g/mol. The van der Waals surface area contributed by atoms with Crippen LogP contribution in [0.3, 0.4) is 0 Å². The van der Waals surface area contributed by atoms with Crippen molar-refractivity contribution in [3.63, 3.8) is 0 Å². The Bertz CT molecular complexity index is 3020. The first-order valence-corrected chi connectivity index (χ1v) is 20.2. The maximum atomic E-state index is 5.13. The number of para-hydroxylation sites is 3. The van der Waals surface area contributed by atoms with Crippen LogP contribution in [0.1, 0.15) is 16.7 Å². The van der Waals surface area contributed by atoms with E-state index in [1.165, 1.54) is 44.1 Å². The van der Waals surface area contributed by atoms with Crippen molar-refractivity contribution in [2.75, 3.05) is 4.90 Å². The molecule has 10 rings (SSSR count). The van der Waals surface area contributed by atoms with Gasteiger partial charge in [0.2, 0.25) is 0 Å². The van der Waals surface area contributed by atoms with Gasteiger partial charge in [0, 0.05) is 50.2 Å². The number of nitrogens with zero attached hydrogens (tertiary/aromatic N) is 4. The van der Waals surface area contributed by atoms with Gasteiger partial charge in [-0.2, -0.15) is 0 Å². The normalized spacial score (nSPS) is 11.3. The second-order valence-corrected chi connectivity index (χ2v) is 15.2. The van der Waals surface area contributed by atoms with Crippen molar-refractivity contribution in [1.82, 2.24) is 14.5 Å². The summed E-state index contributed by atoms with van der Waals surface area (Å²) in [5, 5.41) is 2.44. The average Bonchev–Trinajstić information content (AvgIpc) is 3.61. The predicted octanol–water partition coefficient (Wildman–Crippen LogP) is 14.6. The van der Waals surface area contributed by atoms with Crippen LogP contribution in [0.25, 0.3) is 72.5 Å². The minimum Gasteiger partial charge on any atom is -0.310 e. The predicted molar refractivity (Wildman–Crippen MR) is 247 cm³/mol. The molecule has 0 radical (unpaired) electrons. The zero-order chi connectivity index (χ0) is 39.9. The Morgan fingerprint density at radius 1 is 0.373 bits per heavy atom. The highest BCUT2D eigenvalue weighted by Gasteiger charge is 2.18. The van der Waals surface area contributed by atoms with Crippen LogP contribution in [0, 0.1) is 20.8 Å². The molecule has 2 heterocycles. The number of anilines is 3. The van der Waals surface area contributed by atoms with Gasteiger partial charge < -0.3 is 9.47 Å². The Kier molecular flexibility index (Phi) is 9.15. The van der Waals surface area contributed by atoms with Crippen molar-refractivity contribution in [3.8, 4) is 50.7 Å². The molecule has 8 aromatic carbocycles. The molecule has 59 heavy (non-hydrogen) atoms. The van der Waals surface area contributed by atoms with Gasteiger partial charge in [-0.15, -0.1) is 0 Å². The fourth-order valence-electron chi connectivity index (χ4n) is 8.45. The third-order valence-electron chi connectivity index (χ3n) is 11.4. The number of aromatic nitrogens is 3. The third kappa shape index (κ3) is 6.65. The maximum absolute atomic E-state index is 5.13. The van der Waals surface area contributed by atoms with Crippen molar-refractivity contribution < 1.29 is 0 Å². The van der Waals surface area contributed by atoms with E-state index in [0.29, 0.717) is 0 Å². The van der Waals surface area contributed by atoms with Crippen LogP contribution in [0.15, 0.2) is 200 Å². The number of hydrogen-bond acceptors (Lipinski definition) is 3. The molecule has 4 heteroatoms. The fraction of sp³-hybridized carbons (Fsp3) is 0.0545. The smallest absolute Gasteiger partial charge is 0.160 e. The summed E-state index contributed by atoms with van der Waals surface area (Å²) < 4.78 is 2.40. The standard InChI is InChI=1S/C55H42N4/c1-37-16-10-12-22-47(37)52-36-51(56-55(57-52)48-23-13-11-17-38(48)2)41-28-26-40(27-29-41)46-32-30-44(34-39(46)3)59-53-25-15-14-24-49(53)50-35-45(31-33-54(50)59)58(42-18-6-4-7-19-42)43-20-8-5-9-21-43/h4-36H,1-3H3. The summed E-state index contributed by atoms with van der Waals surface area (Å²) in [4.78, 5) is 12.5. The minimum absolute atomic E-state index is 0.736. The Balaban J connectivity index is 1.02. The lowest BCUT2D eigenvalue weighted by Gasteiger charge is -2.25. The van der Waals surface area contributed by atoms with Crippen LogP contribution in [0.5, 0.6) is 0 Å². The van der Waals surface area contributed by atoms with Crippen molar-refractivity contribution in [3.05, 3.63) is 217 Å². The summed E-state index contributed by atoms with van der Waals surface area (Å²) in [5.41, 5.74) is 17.8. The van der Waals surface area contributed by atoms with Crippen LogP contribution in [-0.2, 0) is 0 Å². The van der Waals surface area contributed by atoms with E-state index in [-0.39, 0.29) is 0 Å². The molecule has 0 amide bonds. The Morgan fingerprint density at radius 3 is 1.63 bits per heavy atom. The summed E-state index contributed by atoms with van der Waals surface area (Å²) in [5.74, 6) is 0.736. The topological polar surface area (TPSA) is 34.0 Å². The SMILES string of the molecule is Cc1cc(-n2c3ccccc3c3cc(N(c4ccccc4)c4ccccc4)ccc32)ccc1-c1ccc(-c2cc(-c3ccccc3C)nc(-c3ccccc3C)n2)cc1. The number of rotatable bonds is 8. The molecule has 4 nitrogen and oxygen atoms in total. The van der Waals surface area contributed by atoms with Gasteiger partial charge >= 0.3 is 0 Å². The molecule has 0 unspecified atom stereocenters. The summed E-state index contributed by atoms with van der Waals surface area (Å²) in [6, 6.07) is 71.3. The Morgan fingerprint density at radius 2 is 0.949 bits per heavy atom. The quantitative estimate of drug-likeness (QED) is 0.155. The zero-order valence-electron chi connectivity index (χ0n) is 33.3. The second kappa shape index (κ2) is 15.1. The average molecular weight is 759 g/mol. The molecule has 0 aliphatic heterocycles. The van der Waals surface area contributed by atoms with Crippen LogP contribution in [0.2, 0.25) is 0 Å². The molecule has 10 aromatic rings. The second-order valence-electron chi connectivity index (χ2n) is 15.2. The Hall–Kier alpha value is -7.56. The summed E-state index contributed by atoms with van der Waals surface area (Å²) >= 11 is 0. The first-order chi connectivity index (χ1) is 29.0. The first-order valence-electron chi connectivity index (χ1n) is 20.2. The minimum atomic E-state index is 0.736. The number of hydrogen-bond donors (Lipinski definition) is 0. The molecule has 282 valence electrons. The van der Waals surface area contributed by atoms with E-state index in [9.17, 15) is 0 Å². The van der Waals surface area contributed by atoms with Crippen molar-refractivity contribution in [2.45, 2.75) is 20.8 Å². The zero-order valence-corrected chi connectivity index (χ0v) is 33.3. The van der Waals surface area contributed by atoms with Crippen molar-refractivity contribution in [1.29, 1.82) is 0 Å². The maximum Gasteiger partial charge on any atom is 0.160 e. The number of fused-ring (bicyclic) bond motifs is 3. The molecule has 0 aliphatic rings. The van der Waals surface area contributed by atoms with Crippen LogP contribution < -0.4 is 4.90 Å². The van der Waals surface area contributed by atoms with Crippen LogP contribution >= 0.6 is 0 Å². The van der Waals surface area contributed by atoms with Gasteiger partial charge in [-0.05, 0) is 115 Å². The first kappa shape index (κ1) is 35.8. The molecule has 2 aromatic heterocycles. The summed E-state index contributed by atoms with van der Waals surface area (Å²) in [7, 11) is 0. The van der Waals surface area contributed by atoms with E-state index in [2.05, 4.69) is 230 Å². The van der Waals surface area contributed by atoms with E-state index in [4.69, 9.17) is 9.97 Å². The van der Waals surface area contributed by atoms with Gasteiger partial charge in [0.25, 0.3) is 0 Å². The van der Waals surface area contributed by atoms with Crippen molar-refractivity contribution in [2.24, 2.45) is 0 Å². The molecule has 0 N–H and O–H groups in total. The van der Waals surface area contributed by atoms with E-state index in [1.807, 2.05) is 0 Å². The number of benzene rings is 8. The summed E-state index contributed by atoms with van der Waals surface area (Å²) in [6.45, 7) is 6.46. The van der Waals surface area contributed by atoms with E-state index in [0.717, 1.165) is 62.2 Å². The lowest BCUT2D eigenvalue weighted by atomic mass is 9.97. The van der Waals surface area contributed by atoms with Gasteiger partial charge in [-0.3, -0.25) is 0 Å². The van der Waals surface area contributed by atoms with Gasteiger partial charge in [-0.1, -0.05) is 133 Å². The van der Waals surface area contributed by atoms with Crippen molar-refractivity contribution >= 4 is 38.9 Å². The largest absolute Gasteiger partial charge is 0.310 e. The van der Waals surface area contributed by atoms with E-state index >= 15 is 0 Å². The molecule has 0 spiro atoms. The lowest BCUT2D eigenvalue weighted by molar-refractivity contribution is 1.17. The summed E-state index contributed by atoms with van der Waals surface area (Å²) in [6.07, 6.45) is 0. The third-order valence-corrected chi connectivity index (χ3v) is 11.4. The monoisotopic (exact) mass is 758 g/mol. The Labute approximate surface area is 345 Å². The van der Waals surface area contributed by atoms with Gasteiger partial charge in [0.1, 0.15) is 0 Å². The molecule has 0 saturated carbocycles. The van der Waals surface area contributed by atoms with Gasteiger partial charge in [-0.25, -0.2) is 9.97 Å². The molecule has 0 saturated heterocycles.